The largest absolute Gasteiger partial charge is 0.325 e. The molecule has 1 fully saturated rings. The van der Waals surface area contributed by atoms with Crippen LogP contribution in [0.25, 0.3) is 0 Å². The molecule has 1 aliphatic carbocycles. The van der Waals surface area contributed by atoms with Crippen LogP contribution in [0, 0.1) is 12.8 Å². The summed E-state index contributed by atoms with van der Waals surface area (Å²) in [6.07, 6.45) is 6.65. The van der Waals surface area contributed by atoms with Crippen LogP contribution in [0.2, 0.25) is 0 Å². The Morgan fingerprint density at radius 2 is 2.05 bits per heavy atom. The lowest BCUT2D eigenvalue weighted by molar-refractivity contribution is -0.115. The molecule has 1 saturated carbocycles. The third-order valence-corrected chi connectivity index (χ3v) is 4.24. The molecule has 2 N–H and O–H groups in total. The van der Waals surface area contributed by atoms with Gasteiger partial charge in [0.25, 0.3) is 0 Å². The molecule has 2 rings (SSSR count). The molecule has 110 valence electrons. The summed E-state index contributed by atoms with van der Waals surface area (Å²) in [6.45, 7) is 4.63. The second-order valence-electron chi connectivity index (χ2n) is 5.99. The average Bonchev–Trinajstić information content (AvgIpc) is 2.46. The first-order valence-corrected chi connectivity index (χ1v) is 7.75. The number of amides is 1. The minimum Gasteiger partial charge on any atom is -0.325 e. The molecule has 1 aromatic rings. The Morgan fingerprint density at radius 1 is 1.30 bits per heavy atom. The Hall–Kier alpha value is -1.35. The molecule has 0 saturated heterocycles. The molecule has 0 bridgehead atoms. The van der Waals surface area contributed by atoms with Crippen LogP contribution in [0.4, 0.5) is 5.69 Å². The van der Waals surface area contributed by atoms with Crippen molar-refractivity contribution in [2.75, 3.05) is 11.9 Å². The molecular weight excluding hydrogens is 248 g/mol. The summed E-state index contributed by atoms with van der Waals surface area (Å²) in [5.41, 5.74) is 2.04. The Kier molecular flexibility index (Phi) is 5.60. The van der Waals surface area contributed by atoms with Crippen LogP contribution in [-0.2, 0) is 4.79 Å². The highest BCUT2D eigenvalue weighted by Gasteiger charge is 2.20. The van der Waals surface area contributed by atoms with E-state index in [9.17, 15) is 4.79 Å². The topological polar surface area (TPSA) is 41.1 Å². The number of benzene rings is 1. The number of hydrogen-bond acceptors (Lipinski definition) is 2. The van der Waals surface area contributed by atoms with Gasteiger partial charge in [0.2, 0.25) is 5.91 Å². The zero-order valence-electron chi connectivity index (χ0n) is 12.6. The van der Waals surface area contributed by atoms with Crippen LogP contribution >= 0.6 is 0 Å². The molecule has 0 aromatic heterocycles. The summed E-state index contributed by atoms with van der Waals surface area (Å²) in [4.78, 5) is 11.9. The van der Waals surface area contributed by atoms with Crippen LogP contribution < -0.4 is 10.6 Å². The number of anilines is 1. The molecule has 3 nitrogen and oxygen atoms in total. The van der Waals surface area contributed by atoms with Crippen molar-refractivity contribution in [3.05, 3.63) is 29.8 Å². The highest BCUT2D eigenvalue weighted by atomic mass is 16.1. The lowest BCUT2D eigenvalue weighted by Crippen LogP contribution is -2.39. The van der Waals surface area contributed by atoms with Gasteiger partial charge in [-0.1, -0.05) is 31.4 Å². The van der Waals surface area contributed by atoms with Gasteiger partial charge in [0.05, 0.1) is 6.54 Å². The lowest BCUT2D eigenvalue weighted by atomic mass is 9.84. The van der Waals surface area contributed by atoms with Crippen LogP contribution in [-0.4, -0.2) is 18.5 Å². The molecule has 0 aliphatic heterocycles. The van der Waals surface area contributed by atoms with E-state index < -0.39 is 0 Å². The van der Waals surface area contributed by atoms with Gasteiger partial charge >= 0.3 is 0 Å². The first kappa shape index (κ1) is 15.0. The van der Waals surface area contributed by atoms with Gasteiger partial charge in [-0.05, 0) is 50.3 Å². The number of nitrogens with one attached hydrogen (secondary N) is 2. The van der Waals surface area contributed by atoms with Crippen LogP contribution in [0.3, 0.4) is 0 Å². The fourth-order valence-electron chi connectivity index (χ4n) is 2.98. The molecule has 1 atom stereocenters. The normalized spacial score (nSPS) is 17.7. The Balaban J connectivity index is 1.74. The summed E-state index contributed by atoms with van der Waals surface area (Å²) in [6, 6.07) is 8.33. The lowest BCUT2D eigenvalue weighted by Gasteiger charge is -2.28. The van der Waals surface area contributed by atoms with Crippen molar-refractivity contribution in [2.45, 2.75) is 52.0 Å². The van der Waals surface area contributed by atoms with Crippen molar-refractivity contribution in [1.29, 1.82) is 0 Å². The van der Waals surface area contributed by atoms with E-state index in [0.717, 1.165) is 17.2 Å². The van der Waals surface area contributed by atoms with E-state index in [1.165, 1.54) is 32.1 Å². The van der Waals surface area contributed by atoms with Crippen LogP contribution in [0.5, 0.6) is 0 Å². The fourth-order valence-corrected chi connectivity index (χ4v) is 2.98. The van der Waals surface area contributed by atoms with E-state index in [0.29, 0.717) is 12.6 Å². The molecule has 1 aliphatic rings. The first-order chi connectivity index (χ1) is 9.65. The van der Waals surface area contributed by atoms with Gasteiger partial charge in [-0.15, -0.1) is 0 Å². The number of rotatable bonds is 5. The predicted octanol–water partition coefficient (Wildman–Crippen LogP) is 3.49. The zero-order valence-corrected chi connectivity index (χ0v) is 12.6. The van der Waals surface area contributed by atoms with E-state index >= 15 is 0 Å². The monoisotopic (exact) mass is 274 g/mol. The smallest absolute Gasteiger partial charge is 0.238 e. The molecule has 1 amide bonds. The van der Waals surface area contributed by atoms with Crippen molar-refractivity contribution < 1.29 is 4.79 Å². The second-order valence-corrected chi connectivity index (χ2v) is 5.99. The molecule has 0 heterocycles. The van der Waals surface area contributed by atoms with Crippen LogP contribution in [0.1, 0.15) is 44.6 Å². The molecule has 1 aromatic carbocycles. The van der Waals surface area contributed by atoms with Crippen molar-refractivity contribution >= 4 is 11.6 Å². The van der Waals surface area contributed by atoms with Gasteiger partial charge in [0.15, 0.2) is 0 Å². The fraction of sp³-hybridized carbons (Fsp3) is 0.588. The second kappa shape index (κ2) is 7.44. The molecule has 3 heteroatoms. The quantitative estimate of drug-likeness (QED) is 0.863. The number of carbonyl (C=O) groups is 1. The van der Waals surface area contributed by atoms with E-state index in [1.807, 2.05) is 31.2 Å². The highest BCUT2D eigenvalue weighted by molar-refractivity contribution is 5.92. The van der Waals surface area contributed by atoms with E-state index in [-0.39, 0.29) is 5.91 Å². The van der Waals surface area contributed by atoms with Gasteiger partial charge in [0, 0.05) is 11.7 Å². The summed E-state index contributed by atoms with van der Waals surface area (Å²) < 4.78 is 0. The van der Waals surface area contributed by atoms with Gasteiger partial charge in [0.1, 0.15) is 0 Å². The number of hydrogen-bond donors (Lipinski definition) is 2. The number of carbonyl (C=O) groups excluding carboxylic acids is 1. The van der Waals surface area contributed by atoms with E-state index in [4.69, 9.17) is 0 Å². The van der Waals surface area contributed by atoms with Gasteiger partial charge < -0.3 is 10.6 Å². The van der Waals surface area contributed by atoms with Crippen LogP contribution in [0.15, 0.2) is 24.3 Å². The summed E-state index contributed by atoms with van der Waals surface area (Å²) in [7, 11) is 0. The maximum absolute atomic E-state index is 11.9. The van der Waals surface area contributed by atoms with Gasteiger partial charge in [-0.2, -0.15) is 0 Å². The third-order valence-electron chi connectivity index (χ3n) is 4.24. The highest BCUT2D eigenvalue weighted by Crippen LogP contribution is 2.26. The maximum atomic E-state index is 11.9. The number of aryl methyl sites for hydroxylation is 1. The summed E-state index contributed by atoms with van der Waals surface area (Å²) in [5, 5.41) is 6.31. The minimum absolute atomic E-state index is 0.0401. The Bertz CT molecular complexity index is 438. The minimum atomic E-state index is 0.0401. The van der Waals surface area contributed by atoms with E-state index in [2.05, 4.69) is 17.6 Å². The summed E-state index contributed by atoms with van der Waals surface area (Å²) >= 11 is 0. The van der Waals surface area contributed by atoms with E-state index in [1.54, 1.807) is 0 Å². The maximum Gasteiger partial charge on any atom is 0.238 e. The average molecular weight is 274 g/mol. The molecular formula is C17H26N2O. The SMILES string of the molecule is Cc1cccc(NC(=O)CNC(C)C2CCCCC2)c1. The molecule has 0 radical (unpaired) electrons. The van der Waals surface area contributed by atoms with Crippen molar-refractivity contribution in [3.8, 4) is 0 Å². The summed E-state index contributed by atoms with van der Waals surface area (Å²) in [5.74, 6) is 0.772. The standard InChI is InChI=1S/C17H26N2O/c1-13-7-6-10-16(11-13)19-17(20)12-18-14(2)15-8-4-3-5-9-15/h6-7,10-11,14-15,18H,3-5,8-9,12H2,1-2H3,(H,19,20). The zero-order chi connectivity index (χ0) is 14.4. The third kappa shape index (κ3) is 4.64. The first-order valence-electron chi connectivity index (χ1n) is 7.75. The van der Waals surface area contributed by atoms with Crippen molar-refractivity contribution in [1.82, 2.24) is 5.32 Å². The van der Waals surface area contributed by atoms with Crippen molar-refractivity contribution in [3.63, 3.8) is 0 Å². The Morgan fingerprint density at radius 3 is 2.75 bits per heavy atom. The van der Waals surface area contributed by atoms with Gasteiger partial charge in [-0.25, -0.2) is 0 Å². The molecule has 1 unspecified atom stereocenters. The molecule has 20 heavy (non-hydrogen) atoms. The predicted molar refractivity (Wildman–Crippen MR) is 83.8 cm³/mol. The van der Waals surface area contributed by atoms with Gasteiger partial charge in [-0.3, -0.25) is 4.79 Å². The Labute approximate surface area is 122 Å². The molecule has 0 spiro atoms. The van der Waals surface area contributed by atoms with Crippen molar-refractivity contribution in [2.24, 2.45) is 5.92 Å².